The Hall–Kier alpha value is -3.12. The minimum Gasteiger partial charge on any atom is -0.494 e. The van der Waals surface area contributed by atoms with E-state index >= 15 is 0 Å². The average molecular weight is 483 g/mol. The second-order valence-corrected chi connectivity index (χ2v) is 8.36. The number of ether oxygens (including phenoxy) is 1. The molecule has 0 atom stereocenters. The molecule has 0 aliphatic carbocycles. The maximum Gasteiger partial charge on any atom is 0.417 e. The number of nitrogens with one attached hydrogen (secondary N) is 2. The quantitative estimate of drug-likeness (QED) is 0.349. The highest BCUT2D eigenvalue weighted by Crippen LogP contribution is 2.32. The summed E-state index contributed by atoms with van der Waals surface area (Å²) in [4.78, 5) is 24.4. The summed E-state index contributed by atoms with van der Waals surface area (Å²) >= 11 is 2.04. The molecule has 0 saturated heterocycles. The highest BCUT2D eigenvalue weighted by molar-refractivity contribution is 8.01. The molecule has 168 valence electrons. The molecule has 2 aromatic carbocycles. The van der Waals surface area contributed by atoms with Crippen LogP contribution >= 0.6 is 23.1 Å². The molecule has 12 heteroatoms. The Kier molecular flexibility index (Phi) is 7.70. The molecule has 7 nitrogen and oxygen atoms in total. The molecule has 0 fully saturated rings. The summed E-state index contributed by atoms with van der Waals surface area (Å²) in [7, 11) is 0. The van der Waals surface area contributed by atoms with Crippen LogP contribution in [0.15, 0.2) is 52.9 Å². The molecule has 32 heavy (non-hydrogen) atoms. The topological polar surface area (TPSA) is 93.2 Å². The molecule has 0 bridgehead atoms. The highest BCUT2D eigenvalue weighted by Gasteiger charge is 2.35. The zero-order valence-electron chi connectivity index (χ0n) is 16.6. The van der Waals surface area contributed by atoms with Crippen molar-refractivity contribution in [2.24, 2.45) is 0 Å². The number of amides is 2. The molecule has 0 spiro atoms. The Morgan fingerprint density at radius 2 is 1.78 bits per heavy atom. The molecule has 2 amide bonds. The number of benzene rings is 2. The van der Waals surface area contributed by atoms with Gasteiger partial charge in [-0.25, -0.2) is 0 Å². The van der Waals surface area contributed by atoms with Gasteiger partial charge in [0.05, 0.1) is 23.5 Å². The first-order valence-corrected chi connectivity index (χ1v) is 11.0. The lowest BCUT2D eigenvalue weighted by Crippen LogP contribution is -2.18. The number of halogens is 3. The number of carbonyl (C=O) groups excluding carboxylic acids is 2. The molecule has 2 N–H and O–H groups in total. The summed E-state index contributed by atoms with van der Waals surface area (Å²) in [5.41, 5.74) is -0.950. The Morgan fingerprint density at radius 3 is 2.47 bits per heavy atom. The van der Waals surface area contributed by atoms with Gasteiger partial charge in [-0.2, -0.15) is 13.2 Å². The van der Waals surface area contributed by atoms with Gasteiger partial charge >= 0.3 is 6.18 Å². The van der Waals surface area contributed by atoms with Gasteiger partial charge < -0.3 is 10.1 Å². The molecule has 0 unspecified atom stereocenters. The second kappa shape index (κ2) is 10.5. The van der Waals surface area contributed by atoms with E-state index in [9.17, 15) is 22.8 Å². The second-order valence-electron chi connectivity index (χ2n) is 6.16. The summed E-state index contributed by atoms with van der Waals surface area (Å²) in [5, 5.41) is 12.7. The van der Waals surface area contributed by atoms with Crippen LogP contribution in [0.25, 0.3) is 0 Å². The van der Waals surface area contributed by atoms with Crippen LogP contribution in [-0.2, 0) is 11.0 Å². The summed E-state index contributed by atoms with van der Waals surface area (Å²) in [5.74, 6) is -0.494. The van der Waals surface area contributed by atoms with E-state index in [-0.39, 0.29) is 16.8 Å². The molecule has 3 rings (SSSR count). The normalized spacial score (nSPS) is 11.1. The Balaban J connectivity index is 1.54. The Morgan fingerprint density at radius 1 is 1.06 bits per heavy atom. The van der Waals surface area contributed by atoms with Crippen molar-refractivity contribution >= 4 is 45.7 Å². The Bertz CT molecular complexity index is 1090. The van der Waals surface area contributed by atoms with Gasteiger partial charge in [0, 0.05) is 5.69 Å². The van der Waals surface area contributed by atoms with Crippen LogP contribution in [0, 0.1) is 0 Å². The number of thioether (sulfide) groups is 1. The van der Waals surface area contributed by atoms with E-state index in [1.165, 1.54) is 12.1 Å². The number of aromatic nitrogens is 2. The molecular formula is C20H17F3N4O3S2. The third-order valence-corrected chi connectivity index (χ3v) is 5.85. The number of nitrogens with zero attached hydrogens (tertiary/aromatic N) is 2. The summed E-state index contributed by atoms with van der Waals surface area (Å²) in [6.45, 7) is 2.42. The zero-order valence-corrected chi connectivity index (χ0v) is 18.2. The summed E-state index contributed by atoms with van der Waals surface area (Å²) < 4.78 is 45.0. The highest BCUT2D eigenvalue weighted by atomic mass is 32.2. The van der Waals surface area contributed by atoms with Gasteiger partial charge in [-0.05, 0) is 43.3 Å². The number of anilines is 2. The van der Waals surface area contributed by atoms with E-state index in [0.29, 0.717) is 22.4 Å². The van der Waals surface area contributed by atoms with Gasteiger partial charge in [0.25, 0.3) is 5.91 Å². The maximum atomic E-state index is 13.1. The lowest BCUT2D eigenvalue weighted by molar-refractivity contribution is -0.137. The van der Waals surface area contributed by atoms with Crippen molar-refractivity contribution in [1.29, 1.82) is 0 Å². The number of hydrogen-bond acceptors (Lipinski definition) is 7. The standard InChI is InChI=1S/C20H17F3N4O3S2/c1-2-30-13-9-7-12(8-10-13)24-16(28)11-31-19-27-26-18(32-19)25-17(29)14-5-3-4-6-15(14)20(21,22)23/h3-10H,2,11H2,1H3,(H,24,28)(H,25,26,29). The molecule has 1 heterocycles. The van der Waals surface area contributed by atoms with Crippen molar-refractivity contribution < 1.29 is 27.5 Å². The maximum absolute atomic E-state index is 13.1. The van der Waals surface area contributed by atoms with Gasteiger partial charge in [-0.1, -0.05) is 35.2 Å². The molecule has 0 aliphatic heterocycles. The van der Waals surface area contributed by atoms with Gasteiger partial charge in [0.15, 0.2) is 4.34 Å². The van der Waals surface area contributed by atoms with Crippen molar-refractivity contribution in [2.75, 3.05) is 23.0 Å². The van der Waals surface area contributed by atoms with Crippen LogP contribution in [-0.4, -0.2) is 34.4 Å². The number of rotatable bonds is 8. The first-order chi connectivity index (χ1) is 15.3. The molecule has 0 radical (unpaired) electrons. The van der Waals surface area contributed by atoms with Crippen LogP contribution in [0.1, 0.15) is 22.8 Å². The molecule has 0 aliphatic rings. The largest absolute Gasteiger partial charge is 0.494 e. The van der Waals surface area contributed by atoms with Crippen molar-refractivity contribution in [3.05, 3.63) is 59.7 Å². The van der Waals surface area contributed by atoms with Gasteiger partial charge in [-0.15, -0.1) is 10.2 Å². The SMILES string of the molecule is CCOc1ccc(NC(=O)CSc2nnc(NC(=O)c3ccccc3C(F)(F)F)s2)cc1. The third kappa shape index (κ3) is 6.44. The lowest BCUT2D eigenvalue weighted by atomic mass is 10.1. The van der Waals surface area contributed by atoms with Crippen molar-refractivity contribution in [1.82, 2.24) is 10.2 Å². The molecule has 3 aromatic rings. The predicted molar refractivity (Wildman–Crippen MR) is 116 cm³/mol. The minimum absolute atomic E-state index is 0.0291. The van der Waals surface area contributed by atoms with Crippen LogP contribution in [0.5, 0.6) is 5.75 Å². The zero-order chi connectivity index (χ0) is 23.1. The van der Waals surface area contributed by atoms with E-state index in [4.69, 9.17) is 4.74 Å². The van der Waals surface area contributed by atoms with Crippen molar-refractivity contribution in [3.63, 3.8) is 0 Å². The molecular weight excluding hydrogens is 465 g/mol. The predicted octanol–water partition coefficient (Wildman–Crippen LogP) is 4.94. The summed E-state index contributed by atoms with van der Waals surface area (Å²) in [6.07, 6.45) is -4.66. The fourth-order valence-corrected chi connectivity index (χ4v) is 4.08. The third-order valence-electron chi connectivity index (χ3n) is 3.88. The van der Waals surface area contributed by atoms with E-state index in [0.717, 1.165) is 35.2 Å². The van der Waals surface area contributed by atoms with Crippen molar-refractivity contribution in [2.45, 2.75) is 17.4 Å². The molecule has 1 aromatic heterocycles. The first-order valence-electron chi connectivity index (χ1n) is 9.23. The monoisotopic (exact) mass is 482 g/mol. The molecule has 0 saturated carbocycles. The number of hydrogen-bond donors (Lipinski definition) is 2. The minimum atomic E-state index is -4.66. The first kappa shape index (κ1) is 23.5. The summed E-state index contributed by atoms with van der Waals surface area (Å²) in [6, 6.07) is 11.4. The van der Waals surface area contributed by atoms with Gasteiger partial charge in [-0.3, -0.25) is 14.9 Å². The van der Waals surface area contributed by atoms with E-state index in [1.54, 1.807) is 24.3 Å². The van der Waals surface area contributed by atoms with Crippen LogP contribution in [0.3, 0.4) is 0 Å². The van der Waals surface area contributed by atoms with E-state index in [2.05, 4.69) is 20.8 Å². The van der Waals surface area contributed by atoms with Gasteiger partial charge in [0.2, 0.25) is 11.0 Å². The number of carbonyl (C=O) groups is 2. The average Bonchev–Trinajstić information content (AvgIpc) is 3.20. The van der Waals surface area contributed by atoms with E-state index < -0.39 is 23.2 Å². The fourth-order valence-electron chi connectivity index (χ4n) is 2.54. The Labute approximate surface area is 189 Å². The lowest BCUT2D eigenvalue weighted by Gasteiger charge is -2.11. The fraction of sp³-hybridized carbons (Fsp3) is 0.200. The van der Waals surface area contributed by atoms with E-state index in [1.807, 2.05) is 6.92 Å². The number of alkyl halides is 3. The van der Waals surface area contributed by atoms with Crippen LogP contribution in [0.2, 0.25) is 0 Å². The van der Waals surface area contributed by atoms with Crippen LogP contribution in [0.4, 0.5) is 24.0 Å². The van der Waals surface area contributed by atoms with Crippen LogP contribution < -0.4 is 15.4 Å². The smallest absolute Gasteiger partial charge is 0.417 e. The van der Waals surface area contributed by atoms with Crippen molar-refractivity contribution in [3.8, 4) is 5.75 Å². The van der Waals surface area contributed by atoms with Gasteiger partial charge in [0.1, 0.15) is 5.75 Å².